The Morgan fingerprint density at radius 2 is 2.00 bits per heavy atom. The zero-order valence-corrected chi connectivity index (χ0v) is 17.5. The summed E-state index contributed by atoms with van der Waals surface area (Å²) in [6.45, 7) is 7.27. The number of aliphatic hydroxyl groups is 1. The molecule has 2 atom stereocenters. The van der Waals surface area contributed by atoms with Crippen LogP contribution in [0.15, 0.2) is 24.3 Å². The summed E-state index contributed by atoms with van der Waals surface area (Å²) < 4.78 is 11.8. The number of nitrogens with zero attached hydrogens (tertiary/aromatic N) is 2. The van der Waals surface area contributed by atoms with Gasteiger partial charge in [-0.15, -0.1) is 0 Å². The van der Waals surface area contributed by atoms with Crippen LogP contribution in [0, 0.1) is 12.3 Å². The van der Waals surface area contributed by atoms with E-state index in [0.717, 1.165) is 77.2 Å². The average Bonchev–Trinajstić information content (AvgIpc) is 3.10. The molecule has 3 aliphatic rings. The van der Waals surface area contributed by atoms with Gasteiger partial charge >= 0.3 is 0 Å². The molecule has 1 aromatic carbocycles. The van der Waals surface area contributed by atoms with Crippen LogP contribution < -0.4 is 4.74 Å². The number of amides is 1. The number of rotatable bonds is 5. The van der Waals surface area contributed by atoms with Crippen molar-refractivity contribution in [2.24, 2.45) is 5.41 Å². The lowest BCUT2D eigenvalue weighted by Gasteiger charge is -2.38. The summed E-state index contributed by atoms with van der Waals surface area (Å²) >= 11 is 0. The first-order valence-electron chi connectivity index (χ1n) is 11.0. The third-order valence-corrected chi connectivity index (χ3v) is 6.79. The van der Waals surface area contributed by atoms with Gasteiger partial charge in [0.15, 0.2) is 6.61 Å². The number of likely N-dealkylation sites (tertiary alicyclic amines) is 2. The van der Waals surface area contributed by atoms with E-state index < -0.39 is 0 Å². The maximum absolute atomic E-state index is 12.5. The molecule has 6 nitrogen and oxygen atoms in total. The van der Waals surface area contributed by atoms with Crippen LogP contribution in [0.2, 0.25) is 0 Å². The molecule has 0 saturated carbocycles. The van der Waals surface area contributed by atoms with Crippen molar-refractivity contribution >= 4 is 5.91 Å². The number of hydrogen-bond donors (Lipinski definition) is 1. The van der Waals surface area contributed by atoms with Gasteiger partial charge in [-0.25, -0.2) is 0 Å². The molecule has 160 valence electrons. The Kier molecular flexibility index (Phi) is 6.42. The number of piperidine rings is 2. The first-order valence-corrected chi connectivity index (χ1v) is 11.0. The fraction of sp³-hybridized carbons (Fsp3) is 0.696. The van der Waals surface area contributed by atoms with Gasteiger partial charge in [0.05, 0.1) is 18.8 Å². The Morgan fingerprint density at radius 3 is 2.72 bits per heavy atom. The second-order valence-corrected chi connectivity index (χ2v) is 9.18. The predicted molar refractivity (Wildman–Crippen MR) is 111 cm³/mol. The van der Waals surface area contributed by atoms with Gasteiger partial charge in [-0.05, 0) is 63.1 Å². The molecule has 29 heavy (non-hydrogen) atoms. The van der Waals surface area contributed by atoms with E-state index in [2.05, 4.69) is 4.90 Å². The fourth-order valence-corrected chi connectivity index (χ4v) is 4.95. The highest BCUT2D eigenvalue weighted by atomic mass is 16.5. The van der Waals surface area contributed by atoms with Crippen LogP contribution in [-0.2, 0) is 9.53 Å². The first-order chi connectivity index (χ1) is 14.0. The Labute approximate surface area is 173 Å². The van der Waals surface area contributed by atoms with Crippen molar-refractivity contribution in [3.8, 4) is 5.75 Å². The molecular weight excluding hydrogens is 368 g/mol. The van der Waals surface area contributed by atoms with Crippen molar-refractivity contribution in [2.45, 2.75) is 51.2 Å². The Hall–Kier alpha value is -1.63. The van der Waals surface area contributed by atoms with Gasteiger partial charge in [-0.3, -0.25) is 9.69 Å². The Bertz CT molecular complexity index is 685. The SMILES string of the molecule is Cc1ccc(OCC(=O)N2CCC3(CC2)CO[C@@H](CN2CCC[C@@H](O)C2)C3)cc1. The molecule has 1 spiro atoms. The minimum atomic E-state index is -0.185. The summed E-state index contributed by atoms with van der Waals surface area (Å²) in [6.07, 6.45) is 5.14. The molecule has 6 heteroatoms. The Morgan fingerprint density at radius 1 is 1.24 bits per heavy atom. The van der Waals surface area contributed by atoms with Gasteiger partial charge in [0.1, 0.15) is 5.75 Å². The molecule has 3 aliphatic heterocycles. The third kappa shape index (κ3) is 5.30. The van der Waals surface area contributed by atoms with E-state index in [4.69, 9.17) is 9.47 Å². The van der Waals surface area contributed by atoms with Gasteiger partial charge in [0.25, 0.3) is 5.91 Å². The highest BCUT2D eigenvalue weighted by Crippen LogP contribution is 2.42. The molecule has 3 saturated heterocycles. The summed E-state index contributed by atoms with van der Waals surface area (Å²) in [5.41, 5.74) is 1.40. The van der Waals surface area contributed by atoms with Crippen molar-refractivity contribution in [2.75, 3.05) is 45.9 Å². The summed E-state index contributed by atoms with van der Waals surface area (Å²) in [4.78, 5) is 16.8. The lowest BCUT2D eigenvalue weighted by molar-refractivity contribution is -0.135. The number of carbonyl (C=O) groups is 1. The van der Waals surface area contributed by atoms with Crippen LogP contribution in [0.5, 0.6) is 5.75 Å². The van der Waals surface area contributed by atoms with Crippen LogP contribution in [0.25, 0.3) is 0 Å². The lowest BCUT2D eigenvalue weighted by atomic mass is 9.76. The predicted octanol–water partition coefficient (Wildman–Crippen LogP) is 2.23. The third-order valence-electron chi connectivity index (χ3n) is 6.79. The number of ether oxygens (including phenoxy) is 2. The van der Waals surface area contributed by atoms with Gasteiger partial charge in [0, 0.05) is 26.2 Å². The molecule has 1 N–H and O–H groups in total. The second kappa shape index (κ2) is 9.02. The second-order valence-electron chi connectivity index (χ2n) is 9.18. The number of aryl methyl sites for hydroxylation is 1. The smallest absolute Gasteiger partial charge is 0.260 e. The maximum Gasteiger partial charge on any atom is 0.260 e. The van der Waals surface area contributed by atoms with Crippen molar-refractivity contribution in [3.63, 3.8) is 0 Å². The van der Waals surface area contributed by atoms with E-state index in [0.29, 0.717) is 0 Å². The van der Waals surface area contributed by atoms with Crippen LogP contribution in [0.1, 0.15) is 37.7 Å². The molecule has 4 rings (SSSR count). The molecule has 0 bridgehead atoms. The van der Waals surface area contributed by atoms with Crippen molar-refractivity contribution in [3.05, 3.63) is 29.8 Å². The zero-order chi connectivity index (χ0) is 20.3. The van der Waals surface area contributed by atoms with Crippen LogP contribution >= 0.6 is 0 Å². The molecule has 1 aromatic rings. The number of hydrogen-bond acceptors (Lipinski definition) is 5. The number of aliphatic hydroxyl groups excluding tert-OH is 1. The van der Waals surface area contributed by atoms with E-state index >= 15 is 0 Å². The van der Waals surface area contributed by atoms with E-state index in [1.807, 2.05) is 36.1 Å². The first kappa shape index (κ1) is 20.6. The molecule has 0 unspecified atom stereocenters. The van der Waals surface area contributed by atoms with Gasteiger partial charge < -0.3 is 19.5 Å². The summed E-state index contributed by atoms with van der Waals surface area (Å²) in [6, 6.07) is 7.80. The van der Waals surface area contributed by atoms with E-state index in [1.54, 1.807) is 0 Å². The number of benzene rings is 1. The molecule has 3 fully saturated rings. The zero-order valence-electron chi connectivity index (χ0n) is 17.5. The highest BCUT2D eigenvalue weighted by molar-refractivity contribution is 5.77. The van der Waals surface area contributed by atoms with E-state index in [9.17, 15) is 9.90 Å². The fourth-order valence-electron chi connectivity index (χ4n) is 4.95. The topological polar surface area (TPSA) is 62.2 Å². The van der Waals surface area contributed by atoms with Crippen LogP contribution in [0.3, 0.4) is 0 Å². The molecule has 0 radical (unpaired) electrons. The molecule has 0 aromatic heterocycles. The molecule has 0 aliphatic carbocycles. The Balaban J connectivity index is 1.20. The number of β-amino-alcohol motifs (C(OH)–C–C–N with tert-alkyl or cyclic N) is 1. The summed E-state index contributed by atoms with van der Waals surface area (Å²) in [5.74, 6) is 0.811. The quantitative estimate of drug-likeness (QED) is 0.818. The molecular formula is C23H34N2O4. The monoisotopic (exact) mass is 402 g/mol. The van der Waals surface area contributed by atoms with Gasteiger partial charge in [-0.1, -0.05) is 17.7 Å². The standard InChI is InChI=1S/C23H34N2O4/c1-18-4-6-20(7-5-18)28-16-22(27)25-11-8-23(9-12-25)13-21(29-17-23)15-24-10-2-3-19(26)14-24/h4-7,19,21,26H,2-3,8-17H2,1H3/t19-,21-/m1/s1. The van der Waals surface area contributed by atoms with Gasteiger partial charge in [-0.2, -0.15) is 0 Å². The summed E-state index contributed by atoms with van der Waals surface area (Å²) in [7, 11) is 0. The maximum atomic E-state index is 12.5. The normalized spacial score (nSPS) is 27.3. The number of carbonyl (C=O) groups excluding carboxylic acids is 1. The minimum absolute atomic E-state index is 0.0678. The van der Waals surface area contributed by atoms with Crippen LogP contribution in [-0.4, -0.2) is 79.0 Å². The molecule has 3 heterocycles. The lowest BCUT2D eigenvalue weighted by Crippen LogP contribution is -2.45. The average molecular weight is 403 g/mol. The van der Waals surface area contributed by atoms with Crippen LogP contribution in [0.4, 0.5) is 0 Å². The molecule has 1 amide bonds. The van der Waals surface area contributed by atoms with Gasteiger partial charge in [0.2, 0.25) is 0 Å². The van der Waals surface area contributed by atoms with E-state index in [1.165, 1.54) is 5.56 Å². The largest absolute Gasteiger partial charge is 0.484 e. The van der Waals surface area contributed by atoms with Crippen molar-refractivity contribution < 1.29 is 19.4 Å². The van der Waals surface area contributed by atoms with E-state index in [-0.39, 0.29) is 30.1 Å². The summed E-state index contributed by atoms with van der Waals surface area (Å²) in [5, 5.41) is 9.88. The minimum Gasteiger partial charge on any atom is -0.484 e. The van der Waals surface area contributed by atoms with Crippen molar-refractivity contribution in [1.29, 1.82) is 0 Å². The van der Waals surface area contributed by atoms with Crippen molar-refractivity contribution in [1.82, 2.24) is 9.80 Å². The highest BCUT2D eigenvalue weighted by Gasteiger charge is 2.43.